The van der Waals surface area contributed by atoms with E-state index in [1.54, 1.807) is 31.4 Å². The Balaban J connectivity index is 0.000000483. The van der Waals surface area contributed by atoms with E-state index in [0.29, 0.717) is 11.3 Å². The van der Waals surface area contributed by atoms with Crippen LogP contribution < -0.4 is 15.2 Å². The van der Waals surface area contributed by atoms with Crippen molar-refractivity contribution in [1.29, 1.82) is 5.26 Å². The lowest BCUT2D eigenvalue weighted by molar-refractivity contribution is -0.191. The van der Waals surface area contributed by atoms with Gasteiger partial charge in [-0.25, -0.2) is 4.79 Å². The number of hydrogen-bond acceptors (Lipinski definition) is 8. The van der Waals surface area contributed by atoms with Crippen LogP contribution in [0.4, 0.5) is 0 Å². The summed E-state index contributed by atoms with van der Waals surface area (Å²) in [5, 5.41) is 28.5. The fourth-order valence-corrected chi connectivity index (χ4v) is 1.74. The van der Waals surface area contributed by atoms with Gasteiger partial charge in [0.25, 0.3) is 0 Å². The summed E-state index contributed by atoms with van der Waals surface area (Å²) in [6.45, 7) is 0. The number of methoxy groups -OCH3 is 2. The molecule has 2 aromatic rings. The number of carbonyl (C=O) groups is 1. The molecule has 0 saturated heterocycles. The molecule has 2 aromatic carbocycles. The van der Waals surface area contributed by atoms with Gasteiger partial charge in [-0.1, -0.05) is 11.2 Å². The summed E-state index contributed by atoms with van der Waals surface area (Å²) in [7, 11) is 2.98. The Morgan fingerprint density at radius 1 is 1.07 bits per heavy atom. The van der Waals surface area contributed by atoms with Gasteiger partial charge >= 0.3 is 12.1 Å². The smallest absolute Gasteiger partial charge is 0.373 e. The second-order valence-electron chi connectivity index (χ2n) is 4.67. The highest BCUT2D eigenvalue weighted by Gasteiger charge is 2.09. The van der Waals surface area contributed by atoms with E-state index >= 15 is 0 Å². The summed E-state index contributed by atoms with van der Waals surface area (Å²) in [6, 6.07) is 13.2. The summed E-state index contributed by atoms with van der Waals surface area (Å²) in [4.78, 5) is 27.0. The first-order valence-electron chi connectivity index (χ1n) is 7.30. The van der Waals surface area contributed by atoms with Gasteiger partial charge in [-0.15, -0.1) is 0 Å². The van der Waals surface area contributed by atoms with Crippen molar-refractivity contribution in [3.05, 3.63) is 59.2 Å². The van der Waals surface area contributed by atoms with Gasteiger partial charge in [0.05, 0.1) is 31.4 Å². The number of nitriles is 1. The highest BCUT2D eigenvalue weighted by atomic mass is 16.5. The second-order valence-corrected chi connectivity index (χ2v) is 4.67. The summed E-state index contributed by atoms with van der Waals surface area (Å²) in [6.07, 6.45) is 0.250. The number of nitrogens with two attached hydrogens (primary N) is 1. The molecule has 0 aliphatic carbocycles. The minimum atomic E-state index is -1.11. The SMILES string of the molecule is COc1cc(C(=O)O)cc(/C(N)=N/O)c1.COc1cccc(C#N)c1.O=C=O. The Hall–Kier alpha value is -4.35. The Kier molecular flexibility index (Phi) is 10.9. The molecule has 10 heteroatoms. The van der Waals surface area contributed by atoms with E-state index < -0.39 is 5.97 Å². The van der Waals surface area contributed by atoms with Crippen molar-refractivity contribution in [3.63, 3.8) is 0 Å². The molecule has 0 bridgehead atoms. The molecule has 0 unspecified atom stereocenters. The lowest BCUT2D eigenvalue weighted by Gasteiger charge is -2.05. The number of ether oxygens (including phenoxy) is 2. The number of nitrogens with zero attached hydrogens (tertiary/aromatic N) is 2. The van der Waals surface area contributed by atoms with Crippen LogP contribution in [-0.2, 0) is 9.59 Å². The van der Waals surface area contributed by atoms with E-state index in [2.05, 4.69) is 5.16 Å². The number of amidine groups is 1. The second kappa shape index (κ2) is 12.9. The maximum absolute atomic E-state index is 10.7. The van der Waals surface area contributed by atoms with Gasteiger partial charge in [-0.2, -0.15) is 14.9 Å². The van der Waals surface area contributed by atoms with Crippen LogP contribution in [0.5, 0.6) is 11.5 Å². The van der Waals surface area contributed by atoms with Crippen LogP contribution in [0.15, 0.2) is 47.6 Å². The number of carbonyl (C=O) groups excluding carboxylic acids is 2. The molecule has 0 heterocycles. The summed E-state index contributed by atoms with van der Waals surface area (Å²) >= 11 is 0. The number of oxime groups is 1. The van der Waals surface area contributed by atoms with Crippen LogP contribution in [0.3, 0.4) is 0 Å². The average molecular weight is 387 g/mol. The highest BCUT2D eigenvalue weighted by molar-refractivity contribution is 6.00. The quantitative estimate of drug-likeness (QED) is 0.304. The first-order chi connectivity index (χ1) is 13.4. The third kappa shape index (κ3) is 8.15. The third-order valence-electron chi connectivity index (χ3n) is 2.99. The molecule has 0 aliphatic heterocycles. The molecule has 0 aromatic heterocycles. The van der Waals surface area contributed by atoms with E-state index in [0.717, 1.165) is 5.75 Å². The molecule has 0 aliphatic rings. The predicted octanol–water partition coefficient (Wildman–Crippen LogP) is 1.47. The molecule has 0 radical (unpaired) electrons. The topological polar surface area (TPSA) is 172 Å². The molecule has 4 N–H and O–H groups in total. The molecular formula is C18H17N3O7. The molecular weight excluding hydrogens is 370 g/mol. The standard InChI is InChI=1S/C9H10N2O4.C8H7NO.CO2/c1-15-7-3-5(8(10)11-14)2-6(4-7)9(12)13;1-10-8-4-2-3-7(5-8)6-9;2-1-3/h2-4,14H,1H3,(H2,10,11)(H,12,13);2-5H,1H3;. The summed E-state index contributed by atoms with van der Waals surface area (Å²) in [5.74, 6) is -0.229. The monoisotopic (exact) mass is 387 g/mol. The molecule has 0 fully saturated rings. The fourth-order valence-electron chi connectivity index (χ4n) is 1.74. The molecule has 0 saturated carbocycles. The van der Waals surface area contributed by atoms with Gasteiger partial charge in [-0.05, 0) is 36.4 Å². The number of carboxylic acids is 1. The number of carboxylic acid groups (broad SMARTS) is 1. The molecule has 28 heavy (non-hydrogen) atoms. The molecule has 0 spiro atoms. The number of aromatic carboxylic acids is 1. The molecule has 0 atom stereocenters. The maximum Gasteiger partial charge on any atom is 0.373 e. The van der Waals surface area contributed by atoms with Gasteiger partial charge in [0, 0.05) is 5.56 Å². The van der Waals surface area contributed by atoms with Crippen molar-refractivity contribution in [2.24, 2.45) is 10.9 Å². The van der Waals surface area contributed by atoms with Gasteiger partial charge in [0.1, 0.15) is 11.5 Å². The van der Waals surface area contributed by atoms with Crippen molar-refractivity contribution >= 4 is 18.0 Å². The zero-order valence-corrected chi connectivity index (χ0v) is 14.9. The van der Waals surface area contributed by atoms with Crippen molar-refractivity contribution in [2.75, 3.05) is 14.2 Å². The van der Waals surface area contributed by atoms with E-state index in [9.17, 15) is 4.79 Å². The Labute approximate surface area is 160 Å². The average Bonchev–Trinajstić information content (AvgIpc) is 2.73. The number of rotatable bonds is 4. The first kappa shape index (κ1) is 23.6. The molecule has 146 valence electrons. The van der Waals surface area contributed by atoms with Crippen molar-refractivity contribution in [2.45, 2.75) is 0 Å². The van der Waals surface area contributed by atoms with Crippen molar-refractivity contribution in [1.82, 2.24) is 0 Å². The fraction of sp³-hybridized carbons (Fsp3) is 0.111. The Morgan fingerprint density at radius 2 is 1.64 bits per heavy atom. The van der Waals surface area contributed by atoms with E-state index in [1.165, 1.54) is 25.3 Å². The van der Waals surface area contributed by atoms with Crippen molar-refractivity contribution in [3.8, 4) is 17.6 Å². The van der Waals surface area contributed by atoms with Crippen LogP contribution >= 0.6 is 0 Å². The Bertz CT molecular complexity index is 898. The first-order valence-corrected chi connectivity index (χ1v) is 7.30. The van der Waals surface area contributed by atoms with Gasteiger partial charge in [0.2, 0.25) is 0 Å². The molecule has 0 amide bonds. The maximum atomic E-state index is 10.7. The summed E-state index contributed by atoms with van der Waals surface area (Å²) < 4.78 is 9.79. The predicted molar refractivity (Wildman–Crippen MR) is 95.2 cm³/mol. The van der Waals surface area contributed by atoms with Crippen LogP contribution in [0.2, 0.25) is 0 Å². The third-order valence-corrected chi connectivity index (χ3v) is 2.99. The van der Waals surface area contributed by atoms with Crippen molar-refractivity contribution < 1.29 is 34.2 Å². The normalized spacial score (nSPS) is 9.25. The zero-order chi connectivity index (χ0) is 21.5. The lowest BCUT2D eigenvalue weighted by atomic mass is 10.1. The van der Waals surface area contributed by atoms with Gasteiger partial charge < -0.3 is 25.5 Å². The summed E-state index contributed by atoms with van der Waals surface area (Å²) in [5.41, 5.74) is 6.26. The minimum Gasteiger partial charge on any atom is -0.497 e. The number of hydrogen-bond donors (Lipinski definition) is 3. The van der Waals surface area contributed by atoms with Crippen LogP contribution in [0, 0.1) is 11.3 Å². The lowest BCUT2D eigenvalue weighted by Crippen LogP contribution is -2.14. The van der Waals surface area contributed by atoms with Gasteiger partial charge in [0.15, 0.2) is 5.84 Å². The van der Waals surface area contributed by atoms with Crippen LogP contribution in [0.25, 0.3) is 0 Å². The minimum absolute atomic E-state index is 0.0101. The van der Waals surface area contributed by atoms with Gasteiger partial charge in [-0.3, -0.25) is 0 Å². The van der Waals surface area contributed by atoms with Crippen LogP contribution in [0.1, 0.15) is 21.5 Å². The zero-order valence-electron chi connectivity index (χ0n) is 14.9. The largest absolute Gasteiger partial charge is 0.497 e. The van der Waals surface area contributed by atoms with E-state index in [-0.39, 0.29) is 23.1 Å². The van der Waals surface area contributed by atoms with E-state index in [4.69, 9.17) is 40.4 Å². The highest BCUT2D eigenvalue weighted by Crippen LogP contribution is 2.17. The van der Waals surface area contributed by atoms with E-state index in [1.807, 2.05) is 6.07 Å². The van der Waals surface area contributed by atoms with Crippen LogP contribution in [-0.4, -0.2) is 42.5 Å². The molecule has 2 rings (SSSR count). The Morgan fingerprint density at radius 3 is 2.11 bits per heavy atom. The number of benzene rings is 2. The molecule has 10 nitrogen and oxygen atoms in total.